The van der Waals surface area contributed by atoms with Gasteiger partial charge in [-0.15, -0.1) is 0 Å². The topological polar surface area (TPSA) is 72.6 Å². The first-order valence-electron chi connectivity index (χ1n) is 6.67. The van der Waals surface area contributed by atoms with E-state index in [2.05, 4.69) is 13.8 Å². The van der Waals surface area contributed by atoms with Gasteiger partial charge in [0.15, 0.2) is 0 Å². The van der Waals surface area contributed by atoms with Crippen molar-refractivity contribution in [1.29, 1.82) is 0 Å². The van der Waals surface area contributed by atoms with Crippen LogP contribution in [0.25, 0.3) is 0 Å². The van der Waals surface area contributed by atoms with E-state index < -0.39 is 4.92 Å². The van der Waals surface area contributed by atoms with Crippen LogP contribution in [0, 0.1) is 10.1 Å². The maximum atomic E-state index is 10.7. The van der Waals surface area contributed by atoms with Gasteiger partial charge in [-0.1, -0.05) is 26.0 Å². The molecular formula is C16H17NO4. The summed E-state index contributed by atoms with van der Waals surface area (Å²) in [5.41, 5.74) is 1.52. The first-order chi connectivity index (χ1) is 10.0. The number of aliphatic hydroxyl groups is 1. The molecule has 5 heteroatoms. The van der Waals surface area contributed by atoms with E-state index in [4.69, 9.17) is 4.74 Å². The van der Waals surface area contributed by atoms with Crippen LogP contribution in [0.5, 0.6) is 11.5 Å². The fourth-order valence-electron chi connectivity index (χ4n) is 1.95. The first kappa shape index (κ1) is 15.0. The smallest absolute Gasteiger partial charge is 0.270 e. The Labute approximate surface area is 123 Å². The molecule has 5 nitrogen and oxygen atoms in total. The van der Waals surface area contributed by atoms with Crippen LogP contribution in [-0.4, -0.2) is 10.0 Å². The molecule has 110 valence electrons. The van der Waals surface area contributed by atoms with Gasteiger partial charge < -0.3 is 9.84 Å². The summed E-state index contributed by atoms with van der Waals surface area (Å²) in [6.45, 7) is 3.90. The lowest BCUT2D eigenvalue weighted by molar-refractivity contribution is -0.385. The van der Waals surface area contributed by atoms with E-state index >= 15 is 0 Å². The van der Waals surface area contributed by atoms with Crippen LogP contribution in [0.2, 0.25) is 0 Å². The van der Waals surface area contributed by atoms with Crippen molar-refractivity contribution in [2.24, 2.45) is 0 Å². The van der Waals surface area contributed by atoms with Gasteiger partial charge in [0.05, 0.1) is 11.5 Å². The maximum absolute atomic E-state index is 10.7. The summed E-state index contributed by atoms with van der Waals surface area (Å²) >= 11 is 0. The molecule has 1 N–H and O–H groups in total. The molecule has 0 fully saturated rings. The molecular weight excluding hydrogens is 270 g/mol. The second kappa shape index (κ2) is 6.37. The van der Waals surface area contributed by atoms with Gasteiger partial charge in [-0.05, 0) is 29.7 Å². The van der Waals surface area contributed by atoms with Gasteiger partial charge in [-0.25, -0.2) is 0 Å². The minimum atomic E-state index is -0.500. The van der Waals surface area contributed by atoms with Crippen LogP contribution >= 0.6 is 0 Å². The average Bonchev–Trinajstić information content (AvgIpc) is 2.48. The maximum Gasteiger partial charge on any atom is 0.270 e. The standard InChI is InChI=1S/C16H17NO4/c1-11(2)12-3-6-15(7-4-12)21-16-8-5-14(17(19)20)9-13(16)10-18/h3-9,11,18H,10H2,1-2H3. The number of nitrogens with zero attached hydrogens (tertiary/aromatic N) is 1. The van der Waals surface area contributed by atoms with Gasteiger partial charge in [0.1, 0.15) is 11.5 Å². The number of non-ortho nitro benzene ring substituents is 1. The fraction of sp³-hybridized carbons (Fsp3) is 0.250. The van der Waals surface area contributed by atoms with Crippen molar-refractivity contribution in [3.05, 3.63) is 63.7 Å². The van der Waals surface area contributed by atoms with E-state index in [1.165, 1.54) is 23.8 Å². The molecule has 0 aliphatic carbocycles. The molecule has 0 saturated carbocycles. The van der Waals surface area contributed by atoms with Crippen LogP contribution in [0.15, 0.2) is 42.5 Å². The zero-order chi connectivity index (χ0) is 15.4. The Balaban J connectivity index is 2.24. The van der Waals surface area contributed by atoms with E-state index in [0.29, 0.717) is 23.0 Å². The number of nitro groups is 1. The molecule has 0 saturated heterocycles. The molecule has 0 radical (unpaired) electrons. The highest BCUT2D eigenvalue weighted by atomic mass is 16.6. The monoisotopic (exact) mass is 287 g/mol. The third kappa shape index (κ3) is 3.58. The highest BCUT2D eigenvalue weighted by molar-refractivity contribution is 5.45. The van der Waals surface area contributed by atoms with Gasteiger partial charge in [0, 0.05) is 17.7 Å². The number of hydrogen-bond acceptors (Lipinski definition) is 4. The molecule has 0 heterocycles. The number of nitro benzene ring substituents is 1. The molecule has 0 bridgehead atoms. The predicted molar refractivity (Wildman–Crippen MR) is 79.6 cm³/mol. The number of hydrogen-bond donors (Lipinski definition) is 1. The molecule has 0 aliphatic rings. The average molecular weight is 287 g/mol. The van der Waals surface area contributed by atoms with Crippen LogP contribution < -0.4 is 4.74 Å². The minimum Gasteiger partial charge on any atom is -0.457 e. The Morgan fingerprint density at radius 2 is 1.86 bits per heavy atom. The summed E-state index contributed by atoms with van der Waals surface area (Å²) in [6.07, 6.45) is 0. The van der Waals surface area contributed by atoms with Gasteiger partial charge in [0.2, 0.25) is 0 Å². The third-order valence-corrected chi connectivity index (χ3v) is 3.20. The molecule has 0 amide bonds. The molecule has 2 aromatic rings. The summed E-state index contributed by atoms with van der Waals surface area (Å²) in [7, 11) is 0. The number of benzene rings is 2. The van der Waals surface area contributed by atoms with Crippen molar-refractivity contribution in [3.63, 3.8) is 0 Å². The molecule has 0 spiro atoms. The first-order valence-corrected chi connectivity index (χ1v) is 6.67. The van der Waals surface area contributed by atoms with E-state index in [1.54, 1.807) is 0 Å². The van der Waals surface area contributed by atoms with Crippen LogP contribution in [0.1, 0.15) is 30.9 Å². The summed E-state index contributed by atoms with van der Waals surface area (Å²) in [5, 5.41) is 20.0. The molecule has 0 atom stereocenters. The Bertz CT molecular complexity index is 635. The summed E-state index contributed by atoms with van der Waals surface area (Å²) in [4.78, 5) is 10.2. The molecule has 2 aromatic carbocycles. The summed E-state index contributed by atoms with van der Waals surface area (Å²) in [5.74, 6) is 1.48. The van der Waals surface area contributed by atoms with Crippen LogP contribution in [0.4, 0.5) is 5.69 Å². The van der Waals surface area contributed by atoms with E-state index in [9.17, 15) is 15.2 Å². The number of rotatable bonds is 5. The fourth-order valence-corrected chi connectivity index (χ4v) is 1.95. The van der Waals surface area contributed by atoms with E-state index in [1.807, 2.05) is 24.3 Å². The Hall–Kier alpha value is -2.40. The second-order valence-corrected chi connectivity index (χ2v) is 5.03. The SMILES string of the molecule is CC(C)c1ccc(Oc2ccc([N+](=O)[O-])cc2CO)cc1. The van der Waals surface area contributed by atoms with Crippen molar-refractivity contribution in [2.45, 2.75) is 26.4 Å². The summed E-state index contributed by atoms with van der Waals surface area (Å²) in [6, 6.07) is 11.8. The van der Waals surface area contributed by atoms with Gasteiger partial charge >= 0.3 is 0 Å². The van der Waals surface area contributed by atoms with E-state index in [0.717, 1.165) is 0 Å². The highest BCUT2D eigenvalue weighted by Gasteiger charge is 2.12. The predicted octanol–water partition coefficient (Wildman–Crippen LogP) is 4.00. The van der Waals surface area contributed by atoms with Crippen molar-refractivity contribution in [2.75, 3.05) is 0 Å². The van der Waals surface area contributed by atoms with Crippen molar-refractivity contribution in [1.82, 2.24) is 0 Å². The Kier molecular flexibility index (Phi) is 4.55. The lowest BCUT2D eigenvalue weighted by atomic mass is 10.0. The zero-order valence-corrected chi connectivity index (χ0v) is 11.9. The molecule has 21 heavy (non-hydrogen) atoms. The van der Waals surface area contributed by atoms with Crippen molar-refractivity contribution < 1.29 is 14.8 Å². The molecule has 0 aliphatic heterocycles. The second-order valence-electron chi connectivity index (χ2n) is 5.03. The zero-order valence-electron chi connectivity index (χ0n) is 11.9. The number of aliphatic hydroxyl groups excluding tert-OH is 1. The van der Waals surface area contributed by atoms with Gasteiger partial charge in [-0.3, -0.25) is 10.1 Å². The van der Waals surface area contributed by atoms with Crippen molar-refractivity contribution >= 4 is 5.69 Å². The van der Waals surface area contributed by atoms with Crippen molar-refractivity contribution in [3.8, 4) is 11.5 Å². The molecule has 0 unspecified atom stereocenters. The third-order valence-electron chi connectivity index (χ3n) is 3.20. The lowest BCUT2D eigenvalue weighted by Crippen LogP contribution is -1.95. The highest BCUT2D eigenvalue weighted by Crippen LogP contribution is 2.29. The summed E-state index contributed by atoms with van der Waals surface area (Å²) < 4.78 is 5.69. The molecule has 2 rings (SSSR count). The number of ether oxygens (including phenoxy) is 1. The lowest BCUT2D eigenvalue weighted by Gasteiger charge is -2.11. The van der Waals surface area contributed by atoms with E-state index in [-0.39, 0.29) is 12.3 Å². The van der Waals surface area contributed by atoms with Crippen LogP contribution in [-0.2, 0) is 6.61 Å². The Morgan fingerprint density at radius 3 is 2.38 bits per heavy atom. The van der Waals surface area contributed by atoms with Crippen LogP contribution in [0.3, 0.4) is 0 Å². The van der Waals surface area contributed by atoms with Gasteiger partial charge in [0.25, 0.3) is 5.69 Å². The largest absolute Gasteiger partial charge is 0.457 e. The Morgan fingerprint density at radius 1 is 1.19 bits per heavy atom. The minimum absolute atomic E-state index is 0.0680. The normalized spacial score (nSPS) is 10.7. The van der Waals surface area contributed by atoms with Gasteiger partial charge in [-0.2, -0.15) is 0 Å². The molecule has 0 aromatic heterocycles. The quantitative estimate of drug-likeness (QED) is 0.666.